The second kappa shape index (κ2) is 7.56. The first-order chi connectivity index (χ1) is 9.35. The summed E-state index contributed by atoms with van der Waals surface area (Å²) in [6.45, 7) is 3.55. The second-order valence-corrected chi connectivity index (χ2v) is 5.21. The summed E-state index contributed by atoms with van der Waals surface area (Å²) in [6.07, 6.45) is 8.38. The lowest BCUT2D eigenvalue weighted by molar-refractivity contribution is -0.000336. The van der Waals surface area contributed by atoms with Crippen LogP contribution in [0, 0.1) is 5.92 Å². The van der Waals surface area contributed by atoms with E-state index >= 15 is 0 Å². The van der Waals surface area contributed by atoms with Crippen LogP contribution >= 0.6 is 0 Å². The third-order valence-electron chi connectivity index (χ3n) is 3.77. The molecule has 0 saturated heterocycles. The van der Waals surface area contributed by atoms with Crippen molar-refractivity contribution >= 4 is 0 Å². The van der Waals surface area contributed by atoms with E-state index < -0.39 is 0 Å². The third-order valence-corrected chi connectivity index (χ3v) is 3.77. The molecule has 1 aromatic heterocycles. The Morgan fingerprint density at radius 1 is 1.37 bits per heavy atom. The van der Waals surface area contributed by atoms with E-state index in [0.717, 1.165) is 24.7 Å². The van der Waals surface area contributed by atoms with Gasteiger partial charge in [-0.05, 0) is 38.8 Å². The molecule has 4 heteroatoms. The molecule has 0 bridgehead atoms. The molecule has 106 valence electrons. The Morgan fingerprint density at radius 3 is 2.84 bits per heavy atom. The van der Waals surface area contributed by atoms with Crippen molar-refractivity contribution < 1.29 is 4.74 Å². The number of hydrogen-bond acceptors (Lipinski definition) is 4. The Hall–Kier alpha value is -1.00. The van der Waals surface area contributed by atoms with Crippen LogP contribution in [0.25, 0.3) is 0 Å². The molecule has 0 aromatic carbocycles. The van der Waals surface area contributed by atoms with Crippen molar-refractivity contribution in [2.45, 2.75) is 51.7 Å². The molecule has 1 heterocycles. The molecule has 0 radical (unpaired) electrons. The number of hydrogen-bond donors (Lipinski definition) is 1. The highest BCUT2D eigenvalue weighted by Gasteiger charge is 2.27. The van der Waals surface area contributed by atoms with Gasteiger partial charge in [0.15, 0.2) is 5.82 Å². The van der Waals surface area contributed by atoms with E-state index in [0.29, 0.717) is 5.92 Å². The van der Waals surface area contributed by atoms with E-state index in [-0.39, 0.29) is 6.10 Å². The van der Waals surface area contributed by atoms with Crippen molar-refractivity contribution in [1.29, 1.82) is 0 Å². The number of rotatable bonds is 6. The molecular weight excluding hydrogens is 238 g/mol. The summed E-state index contributed by atoms with van der Waals surface area (Å²) in [6, 6.07) is 1.96. The number of nitrogens with zero attached hydrogens (tertiary/aromatic N) is 2. The van der Waals surface area contributed by atoms with Crippen molar-refractivity contribution in [3.63, 3.8) is 0 Å². The fraction of sp³-hybridized carbons (Fsp3) is 0.733. The zero-order chi connectivity index (χ0) is 13.5. The molecule has 0 spiro atoms. The Kier molecular flexibility index (Phi) is 5.73. The first-order valence-corrected chi connectivity index (χ1v) is 7.43. The number of ether oxygens (including phenoxy) is 1. The van der Waals surface area contributed by atoms with Gasteiger partial charge in [-0.25, -0.2) is 9.97 Å². The van der Waals surface area contributed by atoms with Gasteiger partial charge in [0.1, 0.15) is 6.10 Å². The van der Waals surface area contributed by atoms with Gasteiger partial charge in [0.25, 0.3) is 0 Å². The van der Waals surface area contributed by atoms with Gasteiger partial charge in [0, 0.05) is 19.3 Å². The minimum Gasteiger partial charge on any atom is -0.370 e. The van der Waals surface area contributed by atoms with E-state index in [1.807, 2.05) is 26.2 Å². The van der Waals surface area contributed by atoms with Crippen molar-refractivity contribution in [1.82, 2.24) is 15.3 Å². The number of nitrogens with one attached hydrogen (secondary N) is 1. The predicted octanol–water partition coefficient (Wildman–Crippen LogP) is 2.85. The zero-order valence-electron chi connectivity index (χ0n) is 12.1. The van der Waals surface area contributed by atoms with E-state index in [4.69, 9.17) is 4.74 Å². The van der Waals surface area contributed by atoms with Gasteiger partial charge in [0.2, 0.25) is 0 Å². The quantitative estimate of drug-likeness (QED) is 0.857. The van der Waals surface area contributed by atoms with Crippen molar-refractivity contribution in [2.24, 2.45) is 5.92 Å². The fourth-order valence-corrected chi connectivity index (χ4v) is 2.87. The fourth-order valence-electron chi connectivity index (χ4n) is 2.87. The van der Waals surface area contributed by atoms with Gasteiger partial charge in [-0.1, -0.05) is 19.3 Å². The molecular formula is C15H25N3O. The molecule has 2 rings (SSSR count). The number of aromatic nitrogens is 2. The molecule has 0 amide bonds. The molecule has 19 heavy (non-hydrogen) atoms. The summed E-state index contributed by atoms with van der Waals surface area (Å²) >= 11 is 0. The third kappa shape index (κ3) is 3.98. The Balaban J connectivity index is 2.14. The highest BCUT2D eigenvalue weighted by Crippen LogP contribution is 2.35. The zero-order valence-corrected chi connectivity index (χ0v) is 12.1. The molecule has 1 fully saturated rings. The van der Waals surface area contributed by atoms with Gasteiger partial charge < -0.3 is 10.1 Å². The van der Waals surface area contributed by atoms with Crippen LogP contribution in [0.5, 0.6) is 0 Å². The van der Waals surface area contributed by atoms with Crippen LogP contribution in [-0.4, -0.2) is 23.6 Å². The monoisotopic (exact) mass is 263 g/mol. The summed E-state index contributed by atoms with van der Waals surface area (Å²) in [5.74, 6) is 1.44. The lowest BCUT2D eigenvalue weighted by Crippen LogP contribution is -2.22. The lowest BCUT2D eigenvalue weighted by Gasteiger charge is -2.29. The lowest BCUT2D eigenvalue weighted by atomic mass is 9.85. The maximum atomic E-state index is 5.96. The summed E-state index contributed by atoms with van der Waals surface area (Å²) in [4.78, 5) is 9.11. The normalized spacial score (nSPS) is 18.4. The predicted molar refractivity (Wildman–Crippen MR) is 75.7 cm³/mol. The SMILES string of the molecule is CCOC(c1nccc(CNC)n1)C1CCCCC1. The summed E-state index contributed by atoms with van der Waals surface area (Å²) < 4.78 is 5.96. The first kappa shape index (κ1) is 14.4. The summed E-state index contributed by atoms with van der Waals surface area (Å²) in [5, 5.41) is 3.13. The van der Waals surface area contributed by atoms with Gasteiger partial charge in [-0.3, -0.25) is 0 Å². The Morgan fingerprint density at radius 2 is 2.16 bits per heavy atom. The van der Waals surface area contributed by atoms with Crippen LogP contribution in [-0.2, 0) is 11.3 Å². The van der Waals surface area contributed by atoms with Crippen LogP contribution < -0.4 is 5.32 Å². The average molecular weight is 263 g/mol. The molecule has 1 unspecified atom stereocenters. The summed E-state index contributed by atoms with van der Waals surface area (Å²) in [7, 11) is 1.93. The van der Waals surface area contributed by atoms with Crippen LogP contribution in [0.1, 0.15) is 56.7 Å². The smallest absolute Gasteiger partial charge is 0.157 e. The summed E-state index contributed by atoms with van der Waals surface area (Å²) in [5.41, 5.74) is 1.04. The average Bonchev–Trinajstić information content (AvgIpc) is 2.46. The van der Waals surface area contributed by atoms with E-state index in [1.54, 1.807) is 0 Å². The minimum absolute atomic E-state index is 0.0714. The largest absolute Gasteiger partial charge is 0.370 e. The maximum Gasteiger partial charge on any atom is 0.157 e. The van der Waals surface area contributed by atoms with Crippen molar-refractivity contribution in [2.75, 3.05) is 13.7 Å². The van der Waals surface area contributed by atoms with Crippen LogP contribution in [0.4, 0.5) is 0 Å². The second-order valence-electron chi connectivity index (χ2n) is 5.21. The highest BCUT2D eigenvalue weighted by atomic mass is 16.5. The maximum absolute atomic E-state index is 5.96. The van der Waals surface area contributed by atoms with Gasteiger partial charge in [0.05, 0.1) is 5.69 Å². The van der Waals surface area contributed by atoms with Crippen LogP contribution in [0.2, 0.25) is 0 Å². The topological polar surface area (TPSA) is 47.0 Å². The first-order valence-electron chi connectivity index (χ1n) is 7.43. The minimum atomic E-state index is 0.0714. The highest BCUT2D eigenvalue weighted by molar-refractivity contribution is 5.05. The molecule has 0 aliphatic heterocycles. The van der Waals surface area contributed by atoms with Crippen LogP contribution in [0.3, 0.4) is 0 Å². The van der Waals surface area contributed by atoms with E-state index in [1.165, 1.54) is 32.1 Å². The van der Waals surface area contributed by atoms with Gasteiger partial charge >= 0.3 is 0 Å². The van der Waals surface area contributed by atoms with E-state index in [9.17, 15) is 0 Å². The van der Waals surface area contributed by atoms with Gasteiger partial charge in [-0.2, -0.15) is 0 Å². The molecule has 1 N–H and O–H groups in total. The molecule has 1 aromatic rings. The molecule has 4 nitrogen and oxygen atoms in total. The molecule has 1 aliphatic rings. The Bertz CT molecular complexity index is 377. The van der Waals surface area contributed by atoms with Crippen LogP contribution in [0.15, 0.2) is 12.3 Å². The molecule has 1 saturated carbocycles. The van der Waals surface area contributed by atoms with E-state index in [2.05, 4.69) is 15.3 Å². The van der Waals surface area contributed by atoms with Gasteiger partial charge in [-0.15, -0.1) is 0 Å². The molecule has 1 aliphatic carbocycles. The van der Waals surface area contributed by atoms with Crippen molar-refractivity contribution in [3.8, 4) is 0 Å². The standard InChI is InChI=1S/C15H25N3O/c1-3-19-14(12-7-5-4-6-8-12)15-17-10-9-13(18-15)11-16-2/h9-10,12,14,16H,3-8,11H2,1-2H3. The van der Waals surface area contributed by atoms with Crippen molar-refractivity contribution in [3.05, 3.63) is 23.8 Å². The Labute approximate surface area is 116 Å². The molecule has 1 atom stereocenters.